The Labute approximate surface area is 94.9 Å². The third-order valence-corrected chi connectivity index (χ3v) is 3.30. The molecular weight excluding hydrogens is 208 g/mol. The van der Waals surface area contributed by atoms with E-state index in [-0.39, 0.29) is 5.92 Å². The fraction of sp³-hybridized carbons (Fsp3) is 0.800. The van der Waals surface area contributed by atoms with Crippen LogP contribution in [-0.4, -0.2) is 30.4 Å². The Morgan fingerprint density at radius 2 is 2.00 bits per heavy atom. The molecule has 0 aromatic carbocycles. The molecule has 0 heterocycles. The molecule has 1 aliphatic carbocycles. The van der Waals surface area contributed by atoms with Gasteiger partial charge in [0.05, 0.1) is 11.6 Å². The Morgan fingerprint density at radius 3 is 2.31 bits per heavy atom. The van der Waals surface area contributed by atoms with E-state index in [2.05, 4.69) is 5.32 Å². The molecule has 1 rings (SSSR count). The van der Waals surface area contributed by atoms with Crippen molar-refractivity contribution in [1.29, 1.82) is 0 Å². The van der Waals surface area contributed by atoms with Crippen LogP contribution in [0.25, 0.3) is 0 Å². The molecule has 1 aliphatic rings. The van der Waals surface area contributed by atoms with E-state index in [0.29, 0.717) is 12.8 Å². The lowest BCUT2D eigenvalue weighted by Gasteiger charge is -2.27. The molecule has 7 N–H and O–H groups in total. The predicted octanol–water partition coefficient (Wildman–Crippen LogP) is -1.57. The van der Waals surface area contributed by atoms with E-state index < -0.39 is 23.4 Å². The molecular formula is C10H20N4O2. The monoisotopic (exact) mass is 228 g/mol. The SMILES string of the molecule is CNC(CCC(N)(C(N)=O)C1CC1)C(N)=O. The van der Waals surface area contributed by atoms with Crippen molar-refractivity contribution in [3.05, 3.63) is 0 Å². The van der Waals surface area contributed by atoms with Gasteiger partial charge in [-0.2, -0.15) is 0 Å². The van der Waals surface area contributed by atoms with Crippen LogP contribution in [0.4, 0.5) is 0 Å². The highest BCUT2D eigenvalue weighted by Gasteiger charge is 2.46. The molecule has 0 saturated heterocycles. The largest absolute Gasteiger partial charge is 0.368 e. The first-order chi connectivity index (χ1) is 7.41. The van der Waals surface area contributed by atoms with Crippen LogP contribution in [0.3, 0.4) is 0 Å². The maximum Gasteiger partial charge on any atom is 0.237 e. The Balaban J connectivity index is 2.56. The van der Waals surface area contributed by atoms with Gasteiger partial charge in [0, 0.05) is 0 Å². The predicted molar refractivity (Wildman–Crippen MR) is 60.1 cm³/mol. The van der Waals surface area contributed by atoms with Crippen LogP contribution in [-0.2, 0) is 9.59 Å². The van der Waals surface area contributed by atoms with Crippen LogP contribution in [0.2, 0.25) is 0 Å². The third kappa shape index (κ3) is 2.70. The van der Waals surface area contributed by atoms with Crippen molar-refractivity contribution >= 4 is 11.8 Å². The average molecular weight is 228 g/mol. The number of hydrogen-bond acceptors (Lipinski definition) is 4. The van der Waals surface area contributed by atoms with Gasteiger partial charge in [0.2, 0.25) is 11.8 Å². The fourth-order valence-corrected chi connectivity index (χ4v) is 1.94. The number of amides is 2. The zero-order valence-corrected chi connectivity index (χ0v) is 9.53. The summed E-state index contributed by atoms with van der Waals surface area (Å²) in [5.74, 6) is -0.769. The second-order valence-electron chi connectivity index (χ2n) is 4.46. The Hall–Kier alpha value is -1.14. The van der Waals surface area contributed by atoms with Gasteiger partial charge in [-0.3, -0.25) is 9.59 Å². The quantitative estimate of drug-likeness (QED) is 0.420. The summed E-state index contributed by atoms with van der Waals surface area (Å²) in [6.07, 6.45) is 2.68. The lowest BCUT2D eigenvalue weighted by molar-refractivity contribution is -0.125. The van der Waals surface area contributed by atoms with Crippen molar-refractivity contribution in [3.63, 3.8) is 0 Å². The van der Waals surface area contributed by atoms with Crippen molar-refractivity contribution in [3.8, 4) is 0 Å². The summed E-state index contributed by atoms with van der Waals surface area (Å²) in [5.41, 5.74) is 15.5. The van der Waals surface area contributed by atoms with E-state index >= 15 is 0 Å². The average Bonchev–Trinajstić information content (AvgIpc) is 3.00. The van der Waals surface area contributed by atoms with Gasteiger partial charge in [-0.1, -0.05) is 0 Å². The molecule has 0 aromatic rings. The Kier molecular flexibility index (Phi) is 3.88. The standard InChI is InChI=1S/C10H20N4O2/c1-14-7(8(11)15)4-5-10(13,9(12)16)6-2-3-6/h6-7,14H,2-5,13H2,1H3,(H2,11,15)(H2,12,16). The first-order valence-corrected chi connectivity index (χ1v) is 5.47. The van der Waals surface area contributed by atoms with Gasteiger partial charge in [0.25, 0.3) is 0 Å². The van der Waals surface area contributed by atoms with Gasteiger partial charge >= 0.3 is 0 Å². The number of hydrogen-bond donors (Lipinski definition) is 4. The minimum Gasteiger partial charge on any atom is -0.368 e. The highest BCUT2D eigenvalue weighted by Crippen LogP contribution is 2.40. The summed E-state index contributed by atoms with van der Waals surface area (Å²) in [7, 11) is 1.65. The number of likely N-dealkylation sites (N-methyl/N-ethyl adjacent to an activating group) is 1. The lowest BCUT2D eigenvalue weighted by atomic mass is 9.86. The lowest BCUT2D eigenvalue weighted by Crippen LogP contribution is -2.55. The molecule has 6 nitrogen and oxygen atoms in total. The zero-order valence-electron chi connectivity index (χ0n) is 9.53. The highest BCUT2D eigenvalue weighted by atomic mass is 16.2. The minimum atomic E-state index is -0.982. The van der Waals surface area contributed by atoms with Crippen molar-refractivity contribution in [2.45, 2.75) is 37.3 Å². The first-order valence-electron chi connectivity index (χ1n) is 5.47. The van der Waals surface area contributed by atoms with Crippen LogP contribution in [0.1, 0.15) is 25.7 Å². The van der Waals surface area contributed by atoms with Crippen LogP contribution < -0.4 is 22.5 Å². The van der Waals surface area contributed by atoms with Crippen LogP contribution in [0.5, 0.6) is 0 Å². The van der Waals surface area contributed by atoms with Crippen molar-refractivity contribution < 1.29 is 9.59 Å². The summed E-state index contributed by atoms with van der Waals surface area (Å²) >= 11 is 0. The molecule has 2 atom stereocenters. The molecule has 0 radical (unpaired) electrons. The van der Waals surface area contributed by atoms with Crippen molar-refractivity contribution in [2.75, 3.05) is 7.05 Å². The van der Waals surface area contributed by atoms with E-state index in [9.17, 15) is 9.59 Å². The molecule has 0 aliphatic heterocycles. The van der Waals surface area contributed by atoms with Gasteiger partial charge < -0.3 is 22.5 Å². The Morgan fingerprint density at radius 1 is 1.44 bits per heavy atom. The molecule has 0 aromatic heterocycles. The van der Waals surface area contributed by atoms with E-state index in [1.807, 2.05) is 0 Å². The molecule has 2 unspecified atom stereocenters. The molecule has 1 saturated carbocycles. The molecule has 16 heavy (non-hydrogen) atoms. The normalized spacial score (nSPS) is 21.1. The number of carbonyl (C=O) groups excluding carboxylic acids is 2. The summed E-state index contributed by atoms with van der Waals surface area (Å²) in [6, 6.07) is -0.457. The molecule has 0 spiro atoms. The van der Waals surface area contributed by atoms with Crippen LogP contribution in [0, 0.1) is 5.92 Å². The second-order valence-corrected chi connectivity index (χ2v) is 4.46. The maximum absolute atomic E-state index is 11.3. The van der Waals surface area contributed by atoms with Gasteiger partial charge in [-0.15, -0.1) is 0 Å². The number of primary amides is 2. The van der Waals surface area contributed by atoms with Crippen LogP contribution >= 0.6 is 0 Å². The van der Waals surface area contributed by atoms with E-state index in [4.69, 9.17) is 17.2 Å². The summed E-state index contributed by atoms with van der Waals surface area (Å²) in [5, 5.41) is 2.79. The highest BCUT2D eigenvalue weighted by molar-refractivity contribution is 5.85. The summed E-state index contributed by atoms with van der Waals surface area (Å²) in [4.78, 5) is 22.3. The number of carbonyl (C=O) groups is 2. The molecule has 1 fully saturated rings. The van der Waals surface area contributed by atoms with Crippen LogP contribution in [0.15, 0.2) is 0 Å². The Bertz CT molecular complexity index is 291. The van der Waals surface area contributed by atoms with Gasteiger partial charge in [-0.05, 0) is 38.6 Å². The van der Waals surface area contributed by atoms with Gasteiger partial charge in [0.1, 0.15) is 0 Å². The van der Waals surface area contributed by atoms with E-state index in [1.54, 1.807) is 7.05 Å². The summed E-state index contributed by atoms with van der Waals surface area (Å²) < 4.78 is 0. The topological polar surface area (TPSA) is 124 Å². The molecule has 92 valence electrons. The van der Waals surface area contributed by atoms with E-state index in [1.165, 1.54) is 0 Å². The minimum absolute atomic E-state index is 0.162. The molecule has 0 bridgehead atoms. The zero-order chi connectivity index (χ0) is 12.3. The number of nitrogens with one attached hydrogen (secondary N) is 1. The van der Waals surface area contributed by atoms with Crippen molar-refractivity contribution in [2.24, 2.45) is 23.1 Å². The maximum atomic E-state index is 11.3. The first kappa shape index (κ1) is 12.9. The number of rotatable bonds is 7. The summed E-state index contributed by atoms with van der Waals surface area (Å²) in [6.45, 7) is 0. The van der Waals surface area contributed by atoms with Gasteiger partial charge in [-0.25, -0.2) is 0 Å². The molecule has 2 amide bonds. The third-order valence-electron chi connectivity index (χ3n) is 3.30. The fourth-order valence-electron chi connectivity index (χ4n) is 1.94. The smallest absolute Gasteiger partial charge is 0.237 e. The van der Waals surface area contributed by atoms with E-state index in [0.717, 1.165) is 12.8 Å². The van der Waals surface area contributed by atoms with Gasteiger partial charge in [0.15, 0.2) is 0 Å². The van der Waals surface area contributed by atoms with Crippen molar-refractivity contribution in [1.82, 2.24) is 5.32 Å². The second kappa shape index (κ2) is 4.80. The number of nitrogens with two attached hydrogens (primary N) is 3. The molecule has 6 heteroatoms.